The number of hydrogen-bond donors (Lipinski definition) is 3. The first-order valence-electron chi connectivity index (χ1n) is 9.73. The molecular formula is C21H28O4S. The number of aliphatic hydroxyl groups excluding tert-OH is 1. The standard InChI is InChI=1S/C21H28O4S/c1-21-8-6-15-14-3-2-13(22)10-12(14)11-17(26-9-7-19(24)25)20(15)16(21)4-5-18(21)23/h2-3,10,15-18,20,22-23H,4-9,11H2,1H3,(H,24,25)/t15?,16?,17?,18?,20?,21-/m0/s1. The molecule has 5 unspecified atom stereocenters. The molecule has 1 aromatic rings. The van der Waals surface area contributed by atoms with Crippen LogP contribution in [0.25, 0.3) is 0 Å². The average Bonchev–Trinajstić information content (AvgIpc) is 2.89. The molecule has 0 bridgehead atoms. The molecule has 6 atom stereocenters. The summed E-state index contributed by atoms with van der Waals surface area (Å²) < 4.78 is 0. The first-order valence-corrected chi connectivity index (χ1v) is 10.8. The number of aliphatic carboxylic acids is 1. The van der Waals surface area contributed by atoms with Crippen molar-refractivity contribution in [1.29, 1.82) is 0 Å². The molecule has 4 nitrogen and oxygen atoms in total. The van der Waals surface area contributed by atoms with Crippen LogP contribution in [-0.4, -0.2) is 38.4 Å². The highest BCUT2D eigenvalue weighted by Gasteiger charge is 2.56. The van der Waals surface area contributed by atoms with Crippen molar-refractivity contribution >= 4 is 17.7 Å². The largest absolute Gasteiger partial charge is 0.508 e. The Kier molecular flexibility index (Phi) is 4.72. The number of aliphatic hydroxyl groups is 1. The lowest BCUT2D eigenvalue weighted by Gasteiger charge is -2.52. The van der Waals surface area contributed by atoms with E-state index in [9.17, 15) is 15.0 Å². The molecule has 3 aliphatic rings. The summed E-state index contributed by atoms with van der Waals surface area (Å²) >= 11 is 1.79. The Bertz CT molecular complexity index is 705. The molecule has 0 heterocycles. The molecule has 26 heavy (non-hydrogen) atoms. The number of thioether (sulfide) groups is 1. The van der Waals surface area contributed by atoms with Crippen LogP contribution in [0.2, 0.25) is 0 Å². The number of aromatic hydroxyl groups is 1. The molecule has 0 aliphatic heterocycles. The third-order valence-corrected chi connectivity index (χ3v) is 8.66. The topological polar surface area (TPSA) is 77.8 Å². The minimum atomic E-state index is -0.743. The summed E-state index contributed by atoms with van der Waals surface area (Å²) in [5.41, 5.74) is 2.59. The van der Waals surface area contributed by atoms with E-state index in [1.54, 1.807) is 17.8 Å². The number of carboxylic acids is 1. The summed E-state index contributed by atoms with van der Waals surface area (Å²) in [6.07, 6.45) is 4.95. The van der Waals surface area contributed by atoms with Gasteiger partial charge in [0.2, 0.25) is 0 Å². The van der Waals surface area contributed by atoms with Crippen LogP contribution < -0.4 is 0 Å². The van der Waals surface area contributed by atoms with Crippen molar-refractivity contribution in [3.63, 3.8) is 0 Å². The molecule has 142 valence electrons. The Labute approximate surface area is 159 Å². The van der Waals surface area contributed by atoms with E-state index in [1.807, 2.05) is 6.07 Å². The Morgan fingerprint density at radius 2 is 2.12 bits per heavy atom. The molecule has 3 N–H and O–H groups in total. The normalized spacial score (nSPS) is 38.3. The first kappa shape index (κ1) is 18.2. The maximum Gasteiger partial charge on any atom is 0.304 e. The molecule has 4 rings (SSSR count). The van der Waals surface area contributed by atoms with Gasteiger partial charge in [0.05, 0.1) is 12.5 Å². The van der Waals surface area contributed by atoms with Crippen molar-refractivity contribution in [3.05, 3.63) is 29.3 Å². The van der Waals surface area contributed by atoms with Gasteiger partial charge in [0.25, 0.3) is 0 Å². The predicted octanol–water partition coefficient (Wildman–Crippen LogP) is 3.80. The minimum absolute atomic E-state index is 0.00119. The van der Waals surface area contributed by atoms with Crippen molar-refractivity contribution in [1.82, 2.24) is 0 Å². The quantitative estimate of drug-likeness (QED) is 0.745. The molecule has 0 amide bonds. The van der Waals surface area contributed by atoms with Gasteiger partial charge in [-0.15, -0.1) is 0 Å². The van der Waals surface area contributed by atoms with Crippen LogP contribution in [0.3, 0.4) is 0 Å². The molecule has 2 fully saturated rings. The van der Waals surface area contributed by atoms with Crippen molar-refractivity contribution in [2.75, 3.05) is 5.75 Å². The van der Waals surface area contributed by atoms with Crippen LogP contribution in [0.4, 0.5) is 0 Å². The zero-order valence-corrected chi connectivity index (χ0v) is 16.0. The number of phenols is 1. The van der Waals surface area contributed by atoms with Crippen molar-refractivity contribution in [2.45, 2.75) is 62.7 Å². The van der Waals surface area contributed by atoms with Crippen LogP contribution in [0.1, 0.15) is 56.1 Å². The maximum atomic E-state index is 11.0. The number of carboxylic acid groups (broad SMARTS) is 1. The monoisotopic (exact) mass is 376 g/mol. The lowest BCUT2D eigenvalue weighted by Crippen LogP contribution is -2.48. The summed E-state index contributed by atoms with van der Waals surface area (Å²) in [5.74, 6) is 1.65. The van der Waals surface area contributed by atoms with Gasteiger partial charge < -0.3 is 15.3 Å². The average molecular weight is 377 g/mol. The third kappa shape index (κ3) is 2.93. The van der Waals surface area contributed by atoms with Gasteiger partial charge in [-0.1, -0.05) is 13.0 Å². The highest BCUT2D eigenvalue weighted by Crippen LogP contribution is 2.62. The van der Waals surface area contributed by atoms with E-state index in [4.69, 9.17) is 5.11 Å². The summed E-state index contributed by atoms with van der Waals surface area (Å²) in [6.45, 7) is 2.26. The summed E-state index contributed by atoms with van der Waals surface area (Å²) in [4.78, 5) is 11.0. The van der Waals surface area contributed by atoms with Gasteiger partial charge in [-0.25, -0.2) is 0 Å². The van der Waals surface area contributed by atoms with E-state index < -0.39 is 5.97 Å². The molecular weight excluding hydrogens is 348 g/mol. The summed E-state index contributed by atoms with van der Waals surface area (Å²) in [7, 11) is 0. The molecule has 0 radical (unpaired) electrons. The molecule has 2 saturated carbocycles. The predicted molar refractivity (Wildman–Crippen MR) is 103 cm³/mol. The first-order chi connectivity index (χ1) is 12.4. The fraction of sp³-hybridized carbons (Fsp3) is 0.667. The Morgan fingerprint density at radius 3 is 2.88 bits per heavy atom. The van der Waals surface area contributed by atoms with Crippen molar-refractivity contribution in [2.24, 2.45) is 17.3 Å². The van der Waals surface area contributed by atoms with Gasteiger partial charge in [-0.3, -0.25) is 4.79 Å². The lowest BCUT2D eigenvalue weighted by atomic mass is 9.55. The van der Waals surface area contributed by atoms with E-state index in [2.05, 4.69) is 13.0 Å². The smallest absolute Gasteiger partial charge is 0.304 e. The Hall–Kier alpha value is -1.20. The highest BCUT2D eigenvalue weighted by atomic mass is 32.2. The molecule has 0 saturated heterocycles. The molecule has 0 aromatic heterocycles. The fourth-order valence-electron chi connectivity index (χ4n) is 6.00. The zero-order valence-electron chi connectivity index (χ0n) is 15.2. The number of phenolic OH excluding ortho intramolecular Hbond substituents is 1. The van der Waals surface area contributed by atoms with Crippen molar-refractivity contribution in [3.8, 4) is 5.75 Å². The second kappa shape index (κ2) is 6.75. The van der Waals surface area contributed by atoms with E-state index in [0.29, 0.717) is 34.5 Å². The maximum absolute atomic E-state index is 11.0. The van der Waals surface area contributed by atoms with E-state index >= 15 is 0 Å². The third-order valence-electron chi connectivity index (χ3n) is 7.31. The van der Waals surface area contributed by atoms with E-state index in [-0.39, 0.29) is 17.9 Å². The Balaban J connectivity index is 1.67. The molecule has 5 heteroatoms. The van der Waals surface area contributed by atoms with Crippen LogP contribution in [0.15, 0.2) is 18.2 Å². The van der Waals surface area contributed by atoms with Gasteiger partial charge in [0.15, 0.2) is 0 Å². The van der Waals surface area contributed by atoms with Gasteiger partial charge >= 0.3 is 5.97 Å². The molecule has 1 aromatic carbocycles. The van der Waals surface area contributed by atoms with Crippen LogP contribution in [0, 0.1) is 17.3 Å². The molecule has 0 spiro atoms. The number of benzene rings is 1. The van der Waals surface area contributed by atoms with E-state index in [1.165, 1.54) is 11.1 Å². The summed E-state index contributed by atoms with van der Waals surface area (Å²) in [5, 5.41) is 29.9. The Morgan fingerprint density at radius 1 is 1.31 bits per heavy atom. The van der Waals surface area contributed by atoms with Gasteiger partial charge in [0, 0.05) is 11.0 Å². The zero-order chi connectivity index (χ0) is 18.5. The number of fused-ring (bicyclic) bond motifs is 5. The second-order valence-corrected chi connectivity index (χ2v) is 9.92. The van der Waals surface area contributed by atoms with Crippen LogP contribution in [-0.2, 0) is 11.2 Å². The minimum Gasteiger partial charge on any atom is -0.508 e. The van der Waals surface area contributed by atoms with Crippen LogP contribution >= 0.6 is 11.8 Å². The summed E-state index contributed by atoms with van der Waals surface area (Å²) in [6, 6.07) is 5.78. The van der Waals surface area contributed by atoms with Crippen molar-refractivity contribution < 1.29 is 20.1 Å². The van der Waals surface area contributed by atoms with Crippen LogP contribution in [0.5, 0.6) is 5.75 Å². The number of rotatable bonds is 4. The second-order valence-electron chi connectivity index (χ2n) is 8.57. The van der Waals surface area contributed by atoms with Gasteiger partial charge in [-0.2, -0.15) is 11.8 Å². The SMILES string of the molecule is C[C@]12CCC3c4ccc(O)cc4CC(SCCC(=O)O)C3C1CCC2O. The molecule has 3 aliphatic carbocycles. The lowest BCUT2D eigenvalue weighted by molar-refractivity contribution is -0.136. The highest BCUT2D eigenvalue weighted by molar-refractivity contribution is 7.99. The van der Waals surface area contributed by atoms with E-state index in [0.717, 1.165) is 32.1 Å². The fourth-order valence-corrected chi connectivity index (χ4v) is 7.49. The van der Waals surface area contributed by atoms with Gasteiger partial charge in [0.1, 0.15) is 5.75 Å². The van der Waals surface area contributed by atoms with Gasteiger partial charge in [-0.05, 0) is 78.5 Å². The number of carbonyl (C=O) groups is 1. The number of hydrogen-bond acceptors (Lipinski definition) is 4.